The molecule has 4 rings (SSSR count). The molecular formula is C33H42FN5O4. The number of likely N-dealkylation sites (N-methyl/N-ethyl adjacent to an activating group) is 1. The second kappa shape index (κ2) is 14.1. The number of nitrogens with zero attached hydrogens (tertiary/aromatic N) is 2. The van der Waals surface area contributed by atoms with Gasteiger partial charge in [-0.05, 0) is 54.3 Å². The van der Waals surface area contributed by atoms with Crippen LogP contribution in [-0.4, -0.2) is 91.6 Å². The number of rotatable bonds is 11. The van der Waals surface area contributed by atoms with Crippen LogP contribution >= 0.6 is 0 Å². The Morgan fingerprint density at radius 1 is 1.00 bits per heavy atom. The van der Waals surface area contributed by atoms with Gasteiger partial charge in [-0.15, -0.1) is 0 Å². The van der Waals surface area contributed by atoms with Gasteiger partial charge >= 0.3 is 0 Å². The van der Waals surface area contributed by atoms with E-state index in [0.717, 1.165) is 16.3 Å². The first-order valence-electron chi connectivity index (χ1n) is 14.6. The Labute approximate surface area is 252 Å². The van der Waals surface area contributed by atoms with E-state index in [9.17, 15) is 18.8 Å². The second-order valence-electron chi connectivity index (χ2n) is 11.7. The van der Waals surface area contributed by atoms with Gasteiger partial charge in [-0.2, -0.15) is 0 Å². The maximum Gasteiger partial charge on any atom is 0.245 e. The monoisotopic (exact) mass is 591 g/mol. The molecule has 0 aromatic heterocycles. The number of methoxy groups -OCH3 is 1. The van der Waals surface area contributed by atoms with E-state index >= 15 is 0 Å². The largest absolute Gasteiger partial charge is 0.382 e. The quantitative estimate of drug-likeness (QED) is 0.315. The summed E-state index contributed by atoms with van der Waals surface area (Å²) in [6, 6.07) is 18.4. The number of hydrogen-bond acceptors (Lipinski definition) is 6. The Balaban J connectivity index is 1.55. The van der Waals surface area contributed by atoms with E-state index < -0.39 is 23.5 Å². The molecule has 0 bridgehead atoms. The lowest BCUT2D eigenvalue weighted by Crippen LogP contribution is -2.65. The van der Waals surface area contributed by atoms with Crippen molar-refractivity contribution in [3.05, 3.63) is 83.7 Å². The summed E-state index contributed by atoms with van der Waals surface area (Å²) in [5, 5.41) is 7.87. The van der Waals surface area contributed by atoms with Crippen LogP contribution in [0.15, 0.2) is 66.7 Å². The van der Waals surface area contributed by atoms with Crippen molar-refractivity contribution in [1.29, 1.82) is 0 Å². The summed E-state index contributed by atoms with van der Waals surface area (Å²) in [6.45, 7) is 4.59. The molecule has 3 atom stereocenters. The van der Waals surface area contributed by atoms with E-state index in [4.69, 9.17) is 10.5 Å². The van der Waals surface area contributed by atoms with Crippen molar-refractivity contribution in [2.75, 3.05) is 40.4 Å². The van der Waals surface area contributed by atoms with Crippen LogP contribution < -0.4 is 16.4 Å². The number of benzene rings is 3. The molecule has 1 fully saturated rings. The zero-order valence-electron chi connectivity index (χ0n) is 25.3. The predicted octanol–water partition coefficient (Wildman–Crippen LogP) is 2.26. The van der Waals surface area contributed by atoms with Gasteiger partial charge in [0, 0.05) is 40.2 Å². The zero-order valence-corrected chi connectivity index (χ0v) is 25.3. The van der Waals surface area contributed by atoms with Gasteiger partial charge in [0.2, 0.25) is 17.7 Å². The summed E-state index contributed by atoms with van der Waals surface area (Å²) < 4.78 is 19.1. The molecule has 1 heterocycles. The molecule has 4 N–H and O–H groups in total. The van der Waals surface area contributed by atoms with Crippen LogP contribution in [0.5, 0.6) is 0 Å². The number of nitrogens with two attached hydrogens (primary N) is 1. The normalized spacial score (nSPS) is 17.3. The molecule has 3 aromatic carbocycles. The molecule has 1 aliphatic heterocycles. The number of carbonyl (C=O) groups excluding carboxylic acids is 3. The number of carbonyl (C=O) groups is 3. The fourth-order valence-electron chi connectivity index (χ4n) is 5.53. The molecule has 1 saturated heterocycles. The summed E-state index contributed by atoms with van der Waals surface area (Å²) in [5.74, 6) is -1.24. The highest BCUT2D eigenvalue weighted by Crippen LogP contribution is 2.22. The fourth-order valence-corrected chi connectivity index (χ4v) is 5.53. The molecule has 3 aromatic rings. The first kappa shape index (κ1) is 32.1. The first-order valence-corrected chi connectivity index (χ1v) is 14.6. The molecule has 10 heteroatoms. The van der Waals surface area contributed by atoms with E-state index in [-0.39, 0.29) is 36.7 Å². The zero-order chi connectivity index (χ0) is 31.1. The van der Waals surface area contributed by atoms with Gasteiger partial charge in [0.25, 0.3) is 0 Å². The molecule has 0 aliphatic carbocycles. The molecule has 0 saturated carbocycles. The third-order valence-electron chi connectivity index (χ3n) is 7.93. The van der Waals surface area contributed by atoms with Gasteiger partial charge in [-0.3, -0.25) is 19.3 Å². The molecule has 43 heavy (non-hydrogen) atoms. The van der Waals surface area contributed by atoms with Crippen molar-refractivity contribution < 1.29 is 23.5 Å². The van der Waals surface area contributed by atoms with Crippen LogP contribution in [0.1, 0.15) is 25.0 Å². The maximum absolute atomic E-state index is 14.0. The first-order chi connectivity index (χ1) is 20.5. The van der Waals surface area contributed by atoms with E-state index in [1.165, 1.54) is 12.1 Å². The topological polar surface area (TPSA) is 117 Å². The van der Waals surface area contributed by atoms with E-state index in [0.29, 0.717) is 31.6 Å². The third-order valence-corrected chi connectivity index (χ3v) is 7.93. The molecule has 1 aliphatic rings. The highest BCUT2D eigenvalue weighted by Gasteiger charge is 2.39. The van der Waals surface area contributed by atoms with E-state index in [2.05, 4.69) is 39.8 Å². The molecule has 3 amide bonds. The maximum atomic E-state index is 14.0. The van der Waals surface area contributed by atoms with Crippen LogP contribution in [0.2, 0.25) is 0 Å². The standard InChI is InChI=1S/C33H42FN5O4/c1-33(2,35)32(42)37-28(18-22-10-13-26(34)14-11-22)31(41)39-16-15-38(20-27(39)21-43-4)29(30(40)36-3)19-23-9-12-24-7-5-6-8-25(24)17-23/h5-14,17,27-29H,15-16,18-21,35H2,1-4H3,(H,36,40)(H,37,42)/t27-,28-,29?/m0/s1. The summed E-state index contributed by atoms with van der Waals surface area (Å²) >= 11 is 0. The van der Waals surface area contributed by atoms with Gasteiger partial charge in [0.15, 0.2) is 0 Å². The van der Waals surface area contributed by atoms with Crippen molar-refractivity contribution in [3.8, 4) is 0 Å². The Kier molecular flexibility index (Phi) is 10.5. The van der Waals surface area contributed by atoms with Crippen LogP contribution in [0.4, 0.5) is 4.39 Å². The number of piperazine rings is 1. The van der Waals surface area contributed by atoms with Gasteiger partial charge < -0.3 is 26.0 Å². The molecule has 230 valence electrons. The number of nitrogens with one attached hydrogen (secondary N) is 2. The SMILES string of the molecule is CNC(=O)C(Cc1ccc2ccccc2c1)N1CCN(C(=O)[C@H](Cc2ccc(F)cc2)NC(=O)C(C)(C)N)[C@H](COC)C1. The summed E-state index contributed by atoms with van der Waals surface area (Å²) in [4.78, 5) is 43.9. The summed E-state index contributed by atoms with van der Waals surface area (Å²) in [5.41, 5.74) is 6.57. The Hall–Kier alpha value is -3.86. The van der Waals surface area contributed by atoms with Crippen LogP contribution in [0.25, 0.3) is 10.8 Å². The third kappa shape index (κ3) is 8.16. The Morgan fingerprint density at radius 2 is 1.67 bits per heavy atom. The second-order valence-corrected chi connectivity index (χ2v) is 11.7. The van der Waals surface area contributed by atoms with E-state index in [1.807, 2.05) is 18.2 Å². The van der Waals surface area contributed by atoms with Crippen molar-refractivity contribution in [3.63, 3.8) is 0 Å². The summed E-state index contributed by atoms with van der Waals surface area (Å²) in [6.07, 6.45) is 0.677. The number of amides is 3. The number of halogens is 1. The Bertz CT molecular complexity index is 1420. The molecule has 1 unspecified atom stereocenters. The minimum Gasteiger partial charge on any atom is -0.382 e. The fraction of sp³-hybridized carbons (Fsp3) is 0.424. The minimum atomic E-state index is -1.20. The number of fused-ring (bicyclic) bond motifs is 1. The minimum absolute atomic E-state index is 0.101. The van der Waals surface area contributed by atoms with E-state index in [1.54, 1.807) is 45.0 Å². The lowest BCUT2D eigenvalue weighted by molar-refractivity contribution is -0.144. The molecular weight excluding hydrogens is 549 g/mol. The van der Waals surface area contributed by atoms with Crippen molar-refractivity contribution in [2.24, 2.45) is 5.73 Å². The number of hydrogen-bond donors (Lipinski definition) is 3. The average molecular weight is 592 g/mol. The summed E-state index contributed by atoms with van der Waals surface area (Å²) in [7, 11) is 3.20. The van der Waals surface area contributed by atoms with Crippen LogP contribution in [0, 0.1) is 5.82 Å². The highest BCUT2D eigenvalue weighted by atomic mass is 19.1. The van der Waals surface area contributed by atoms with Gasteiger partial charge in [0.05, 0.1) is 24.2 Å². The molecule has 0 spiro atoms. The lowest BCUT2D eigenvalue weighted by Gasteiger charge is -2.45. The average Bonchev–Trinajstić information content (AvgIpc) is 2.99. The van der Waals surface area contributed by atoms with Gasteiger partial charge in [-0.1, -0.05) is 54.6 Å². The van der Waals surface area contributed by atoms with Gasteiger partial charge in [-0.25, -0.2) is 4.39 Å². The lowest BCUT2D eigenvalue weighted by atomic mass is 9.98. The number of ether oxygens (including phenoxy) is 1. The van der Waals surface area contributed by atoms with Gasteiger partial charge in [0.1, 0.15) is 11.9 Å². The van der Waals surface area contributed by atoms with Crippen molar-refractivity contribution >= 4 is 28.5 Å². The predicted molar refractivity (Wildman–Crippen MR) is 165 cm³/mol. The van der Waals surface area contributed by atoms with Crippen LogP contribution in [-0.2, 0) is 32.0 Å². The van der Waals surface area contributed by atoms with Crippen molar-refractivity contribution in [2.45, 2.75) is 50.4 Å². The molecule has 0 radical (unpaired) electrons. The van der Waals surface area contributed by atoms with Crippen LogP contribution in [0.3, 0.4) is 0 Å². The Morgan fingerprint density at radius 3 is 2.33 bits per heavy atom. The van der Waals surface area contributed by atoms with Crippen molar-refractivity contribution in [1.82, 2.24) is 20.4 Å². The smallest absolute Gasteiger partial charge is 0.245 e. The highest BCUT2D eigenvalue weighted by molar-refractivity contribution is 5.92. The molecule has 9 nitrogen and oxygen atoms in total.